The van der Waals surface area contributed by atoms with Gasteiger partial charge in [0.25, 0.3) is 0 Å². The Labute approximate surface area is 223 Å². The standard InChI is InChI=1S/C28H29F3N6O2/c1-15(2)19-11-12-32-21(13-19)26-36-24-22(37(26)14-17-7-9-20(10-8-17)28(29,30)31)23(34-25(35-24)27(38)39)33-16(3)18-5-4-6-18/h7-13,15-16,18H,4-6,14H2,1-3H3,(H,38,39)(H,33,34,35)/t16-/m0/s1. The molecule has 3 heterocycles. The number of pyridine rings is 1. The average Bonchev–Trinajstić information content (AvgIpc) is 3.21. The van der Waals surface area contributed by atoms with Crippen molar-refractivity contribution >= 4 is 23.0 Å². The summed E-state index contributed by atoms with van der Waals surface area (Å²) in [7, 11) is 0. The lowest BCUT2D eigenvalue weighted by Gasteiger charge is -2.32. The molecule has 0 saturated heterocycles. The van der Waals surface area contributed by atoms with Gasteiger partial charge in [-0.3, -0.25) is 4.98 Å². The number of rotatable bonds is 8. The summed E-state index contributed by atoms with van der Waals surface area (Å²) in [6, 6.07) is 8.78. The van der Waals surface area contributed by atoms with E-state index in [0.717, 1.165) is 37.0 Å². The van der Waals surface area contributed by atoms with Crippen molar-refractivity contribution in [1.29, 1.82) is 0 Å². The number of halogens is 3. The van der Waals surface area contributed by atoms with E-state index in [1.54, 1.807) is 10.8 Å². The number of anilines is 1. The van der Waals surface area contributed by atoms with E-state index in [-0.39, 0.29) is 30.0 Å². The van der Waals surface area contributed by atoms with Gasteiger partial charge in [0, 0.05) is 18.8 Å². The molecule has 0 radical (unpaired) electrons. The van der Waals surface area contributed by atoms with Crippen LogP contribution < -0.4 is 5.32 Å². The van der Waals surface area contributed by atoms with Gasteiger partial charge in [-0.05, 0) is 67.0 Å². The maximum Gasteiger partial charge on any atom is 0.416 e. The van der Waals surface area contributed by atoms with Crippen molar-refractivity contribution < 1.29 is 23.1 Å². The molecule has 39 heavy (non-hydrogen) atoms. The fourth-order valence-corrected chi connectivity index (χ4v) is 4.77. The molecule has 11 heteroatoms. The molecule has 1 aromatic carbocycles. The Kier molecular flexibility index (Phi) is 7.00. The van der Waals surface area contributed by atoms with Crippen molar-refractivity contribution in [3.05, 3.63) is 65.1 Å². The minimum Gasteiger partial charge on any atom is -0.475 e. The smallest absolute Gasteiger partial charge is 0.416 e. The highest BCUT2D eigenvalue weighted by Gasteiger charge is 2.30. The van der Waals surface area contributed by atoms with E-state index in [1.807, 2.05) is 19.1 Å². The molecular weight excluding hydrogens is 509 g/mol. The number of nitrogens with one attached hydrogen (secondary N) is 1. The summed E-state index contributed by atoms with van der Waals surface area (Å²) < 4.78 is 41.3. The Morgan fingerprint density at radius 1 is 1.10 bits per heavy atom. The summed E-state index contributed by atoms with van der Waals surface area (Å²) in [5.74, 6) is -0.279. The highest BCUT2D eigenvalue weighted by Crippen LogP contribution is 2.34. The van der Waals surface area contributed by atoms with Crippen molar-refractivity contribution in [2.45, 2.75) is 64.7 Å². The van der Waals surface area contributed by atoms with E-state index in [1.165, 1.54) is 12.1 Å². The highest BCUT2D eigenvalue weighted by molar-refractivity contribution is 5.92. The lowest BCUT2D eigenvalue weighted by molar-refractivity contribution is -0.137. The summed E-state index contributed by atoms with van der Waals surface area (Å²) in [5, 5.41) is 13.1. The predicted molar refractivity (Wildman–Crippen MR) is 141 cm³/mol. The molecule has 1 fully saturated rings. The summed E-state index contributed by atoms with van der Waals surface area (Å²) in [6.07, 6.45) is 0.511. The molecule has 204 valence electrons. The molecule has 4 aromatic rings. The van der Waals surface area contributed by atoms with Gasteiger partial charge in [-0.1, -0.05) is 32.4 Å². The number of alkyl halides is 3. The fourth-order valence-electron chi connectivity index (χ4n) is 4.77. The van der Waals surface area contributed by atoms with Gasteiger partial charge < -0.3 is 15.0 Å². The van der Waals surface area contributed by atoms with E-state index in [2.05, 4.69) is 34.1 Å². The number of aromatic nitrogens is 5. The highest BCUT2D eigenvalue weighted by atomic mass is 19.4. The van der Waals surface area contributed by atoms with Gasteiger partial charge in [0.15, 0.2) is 17.3 Å². The van der Waals surface area contributed by atoms with Crippen LogP contribution in [-0.2, 0) is 12.7 Å². The second kappa shape index (κ2) is 10.3. The van der Waals surface area contributed by atoms with Crippen LogP contribution >= 0.6 is 0 Å². The van der Waals surface area contributed by atoms with Gasteiger partial charge in [-0.15, -0.1) is 0 Å². The van der Waals surface area contributed by atoms with Gasteiger partial charge in [0.1, 0.15) is 11.2 Å². The van der Waals surface area contributed by atoms with Crippen LogP contribution in [0, 0.1) is 5.92 Å². The SMILES string of the molecule is CC(C)c1ccnc(-c2nc3nc(C(=O)O)nc(N[C@@H](C)C4CCC4)c3n2Cc2ccc(C(F)(F)F)cc2)c1. The van der Waals surface area contributed by atoms with Crippen molar-refractivity contribution in [3.8, 4) is 11.5 Å². The number of carboxylic acids is 1. The van der Waals surface area contributed by atoms with Crippen molar-refractivity contribution in [2.75, 3.05) is 5.32 Å². The van der Waals surface area contributed by atoms with Gasteiger partial charge in [0.05, 0.1) is 5.56 Å². The normalized spacial score (nSPS) is 14.9. The first kappa shape index (κ1) is 26.6. The molecule has 1 aliphatic carbocycles. The Balaban J connectivity index is 1.69. The fraction of sp³-hybridized carbons (Fsp3) is 0.393. The minimum absolute atomic E-state index is 0.0266. The van der Waals surface area contributed by atoms with Crippen molar-refractivity contribution in [2.24, 2.45) is 5.92 Å². The van der Waals surface area contributed by atoms with Crippen LogP contribution in [0.2, 0.25) is 0 Å². The van der Waals surface area contributed by atoms with Crippen LogP contribution in [0.25, 0.3) is 22.7 Å². The number of hydrogen-bond donors (Lipinski definition) is 2. The Morgan fingerprint density at radius 3 is 2.41 bits per heavy atom. The van der Waals surface area contributed by atoms with E-state index in [4.69, 9.17) is 4.98 Å². The number of carboxylic acid groups (broad SMARTS) is 1. The largest absolute Gasteiger partial charge is 0.475 e. The van der Waals surface area contributed by atoms with Gasteiger partial charge in [0.2, 0.25) is 5.82 Å². The van der Waals surface area contributed by atoms with Crippen LogP contribution in [0.15, 0.2) is 42.6 Å². The molecule has 8 nitrogen and oxygen atoms in total. The maximum atomic E-state index is 13.2. The summed E-state index contributed by atoms with van der Waals surface area (Å²) in [5.41, 5.74) is 2.08. The predicted octanol–water partition coefficient (Wildman–Crippen LogP) is 6.38. The molecule has 1 aliphatic rings. The molecule has 0 aliphatic heterocycles. The molecule has 3 aromatic heterocycles. The molecule has 1 atom stereocenters. The zero-order valence-corrected chi connectivity index (χ0v) is 21.8. The van der Waals surface area contributed by atoms with E-state index >= 15 is 0 Å². The number of carbonyl (C=O) groups is 1. The van der Waals surface area contributed by atoms with Crippen molar-refractivity contribution in [3.63, 3.8) is 0 Å². The van der Waals surface area contributed by atoms with Crippen LogP contribution in [-0.4, -0.2) is 41.6 Å². The molecule has 0 bridgehead atoms. The molecule has 1 saturated carbocycles. The van der Waals surface area contributed by atoms with Crippen LogP contribution in [0.5, 0.6) is 0 Å². The topological polar surface area (TPSA) is 106 Å². The Hall–Kier alpha value is -4.02. The zero-order chi connectivity index (χ0) is 27.9. The lowest BCUT2D eigenvalue weighted by Crippen LogP contribution is -2.31. The number of fused-ring (bicyclic) bond motifs is 1. The van der Waals surface area contributed by atoms with Crippen LogP contribution in [0.4, 0.5) is 19.0 Å². The van der Waals surface area contributed by atoms with Gasteiger partial charge in [-0.2, -0.15) is 13.2 Å². The second-order valence-electron chi connectivity index (χ2n) is 10.3. The van der Waals surface area contributed by atoms with E-state index in [9.17, 15) is 23.1 Å². The summed E-state index contributed by atoms with van der Waals surface area (Å²) in [4.78, 5) is 29.6. The van der Waals surface area contributed by atoms with Crippen molar-refractivity contribution in [1.82, 2.24) is 24.5 Å². The number of imidazole rings is 1. The van der Waals surface area contributed by atoms with Gasteiger partial charge >= 0.3 is 12.1 Å². The number of benzene rings is 1. The zero-order valence-electron chi connectivity index (χ0n) is 21.8. The third-order valence-electron chi connectivity index (χ3n) is 7.32. The quantitative estimate of drug-likeness (QED) is 0.268. The second-order valence-corrected chi connectivity index (χ2v) is 10.3. The van der Waals surface area contributed by atoms with Crippen LogP contribution in [0.1, 0.15) is 73.3 Å². The third-order valence-corrected chi connectivity index (χ3v) is 7.32. The molecule has 0 spiro atoms. The van der Waals surface area contributed by atoms with E-state index < -0.39 is 17.7 Å². The monoisotopic (exact) mass is 538 g/mol. The molecule has 0 unspecified atom stereocenters. The Bertz CT molecular complexity index is 1510. The molecule has 0 amide bonds. The number of nitrogens with zero attached hydrogens (tertiary/aromatic N) is 5. The molecule has 5 rings (SSSR count). The first-order valence-corrected chi connectivity index (χ1v) is 12.9. The van der Waals surface area contributed by atoms with E-state index in [0.29, 0.717) is 34.3 Å². The summed E-state index contributed by atoms with van der Waals surface area (Å²) >= 11 is 0. The first-order valence-electron chi connectivity index (χ1n) is 12.9. The average molecular weight is 539 g/mol. The molecular formula is C28H29F3N6O2. The first-order chi connectivity index (χ1) is 18.5. The lowest BCUT2D eigenvalue weighted by atomic mass is 9.80. The maximum absolute atomic E-state index is 13.2. The Morgan fingerprint density at radius 2 is 1.82 bits per heavy atom. The molecule has 2 N–H and O–H groups in total. The third kappa shape index (κ3) is 5.43. The van der Waals surface area contributed by atoms with Gasteiger partial charge in [-0.25, -0.2) is 19.7 Å². The number of hydrogen-bond acceptors (Lipinski definition) is 6. The van der Waals surface area contributed by atoms with Crippen LogP contribution in [0.3, 0.4) is 0 Å². The minimum atomic E-state index is -4.44. The number of aromatic carboxylic acids is 1. The summed E-state index contributed by atoms with van der Waals surface area (Å²) in [6.45, 7) is 6.29.